The number of hydrogen-bond donors (Lipinski definition) is 5. The van der Waals surface area contributed by atoms with Crippen LogP contribution in [0.25, 0.3) is 0 Å². The summed E-state index contributed by atoms with van der Waals surface area (Å²) in [6, 6.07) is -0.217. The summed E-state index contributed by atoms with van der Waals surface area (Å²) in [6.07, 6.45) is 12.2. The predicted molar refractivity (Wildman–Crippen MR) is 128 cm³/mol. The fourth-order valence-electron chi connectivity index (χ4n) is 6.16. The monoisotopic (exact) mass is 471 g/mol. The Balaban J connectivity index is 1.69. The summed E-state index contributed by atoms with van der Waals surface area (Å²) in [6.45, 7) is 3.98. The van der Waals surface area contributed by atoms with Gasteiger partial charge in [-0.3, -0.25) is 4.79 Å². The first-order valence-electron chi connectivity index (χ1n) is 12.3. The van der Waals surface area contributed by atoms with Gasteiger partial charge in [0.1, 0.15) is 6.10 Å². The number of hydrogen-bond acceptors (Lipinski definition) is 6. The Kier molecular flexibility index (Phi) is 7.60. The highest BCUT2D eigenvalue weighted by Crippen LogP contribution is 2.50. The van der Waals surface area contributed by atoms with E-state index in [4.69, 9.17) is 0 Å². The van der Waals surface area contributed by atoms with Gasteiger partial charge in [0.05, 0.1) is 36.4 Å². The molecule has 186 valence electrons. The van der Waals surface area contributed by atoms with Crippen LogP contribution in [-0.4, -0.2) is 78.9 Å². The van der Waals surface area contributed by atoms with Crippen LogP contribution in [0.4, 0.5) is 0 Å². The van der Waals surface area contributed by atoms with Crippen molar-refractivity contribution in [2.45, 2.75) is 75.7 Å². The van der Waals surface area contributed by atoms with E-state index < -0.39 is 30.5 Å². The summed E-state index contributed by atoms with van der Waals surface area (Å²) in [5.74, 6) is -0.335. The molecule has 34 heavy (non-hydrogen) atoms. The van der Waals surface area contributed by atoms with E-state index in [1.54, 1.807) is 18.2 Å². The molecule has 2 fully saturated rings. The number of nitrogens with zero attached hydrogens (tertiary/aromatic N) is 1. The summed E-state index contributed by atoms with van der Waals surface area (Å²) < 4.78 is 0. The third-order valence-electron chi connectivity index (χ3n) is 7.82. The third kappa shape index (κ3) is 4.86. The van der Waals surface area contributed by atoms with E-state index >= 15 is 0 Å². The molecule has 2 heterocycles. The maximum Gasteiger partial charge on any atom is 0.230 e. The Morgan fingerprint density at radius 3 is 2.44 bits per heavy atom. The van der Waals surface area contributed by atoms with Crippen LogP contribution < -0.4 is 0 Å². The lowest BCUT2D eigenvalue weighted by Gasteiger charge is -2.36. The quantitative estimate of drug-likeness (QED) is 0.339. The number of amides is 1. The van der Waals surface area contributed by atoms with Crippen LogP contribution in [0, 0.1) is 23.7 Å². The molecule has 2 aliphatic carbocycles. The highest BCUT2D eigenvalue weighted by Gasteiger charge is 2.58. The second-order valence-electron chi connectivity index (χ2n) is 10.3. The number of carbonyl (C=O) groups excluding carboxylic acids is 1. The van der Waals surface area contributed by atoms with Gasteiger partial charge >= 0.3 is 0 Å². The number of fused-ring (bicyclic) bond motifs is 5. The van der Waals surface area contributed by atoms with Crippen LogP contribution in [0.2, 0.25) is 0 Å². The van der Waals surface area contributed by atoms with E-state index in [1.165, 1.54) is 6.08 Å². The SMILES string of the molecule is CC1=C[C@@H]2[C@H]3[C@@H]4[C@@H](O)C[C@@H](C)N4C(=O)[C@@H]3C=C[C@@H]2/C=C/C[C@H](O)[C@H](O)[C@H](O)C[C@H](O)/C=C\C=C1. The van der Waals surface area contributed by atoms with Gasteiger partial charge in [-0.25, -0.2) is 0 Å². The molecule has 7 heteroatoms. The van der Waals surface area contributed by atoms with Crippen LogP contribution in [0.3, 0.4) is 0 Å². The molecule has 0 aromatic rings. The first-order chi connectivity index (χ1) is 16.2. The van der Waals surface area contributed by atoms with Crippen LogP contribution >= 0.6 is 0 Å². The molecular formula is C27H37NO6. The van der Waals surface area contributed by atoms with Crippen molar-refractivity contribution in [3.05, 3.63) is 60.3 Å². The molecule has 4 aliphatic rings. The minimum absolute atomic E-state index is 0.0104. The van der Waals surface area contributed by atoms with Gasteiger partial charge in [-0.05, 0) is 32.6 Å². The molecule has 7 nitrogen and oxygen atoms in total. The zero-order valence-corrected chi connectivity index (χ0v) is 19.8. The average Bonchev–Trinajstić information content (AvgIpc) is 3.25. The predicted octanol–water partition coefficient (Wildman–Crippen LogP) is 1.24. The summed E-state index contributed by atoms with van der Waals surface area (Å²) >= 11 is 0. The van der Waals surface area contributed by atoms with Crippen molar-refractivity contribution in [2.24, 2.45) is 23.7 Å². The molecule has 0 radical (unpaired) electrons. The van der Waals surface area contributed by atoms with Crippen molar-refractivity contribution in [3.63, 3.8) is 0 Å². The molecular weight excluding hydrogens is 434 g/mol. The van der Waals surface area contributed by atoms with Crippen molar-refractivity contribution in [3.8, 4) is 0 Å². The van der Waals surface area contributed by atoms with Crippen molar-refractivity contribution >= 4 is 5.91 Å². The lowest BCUT2D eigenvalue weighted by atomic mass is 9.67. The van der Waals surface area contributed by atoms with Crippen molar-refractivity contribution in [1.82, 2.24) is 4.90 Å². The van der Waals surface area contributed by atoms with Gasteiger partial charge in [-0.2, -0.15) is 0 Å². The van der Waals surface area contributed by atoms with Crippen LogP contribution in [0.1, 0.15) is 33.1 Å². The van der Waals surface area contributed by atoms with Gasteiger partial charge in [0, 0.05) is 24.3 Å². The minimum Gasteiger partial charge on any atom is -0.391 e. The summed E-state index contributed by atoms with van der Waals surface area (Å²) in [4.78, 5) is 15.1. The topological polar surface area (TPSA) is 121 Å². The standard InChI is InChI=1S/C27H37NO6/c1-15-6-3-4-8-18(29)14-23(32)26(33)21(30)9-5-7-17-10-11-19-24(20(17)12-15)25-22(31)13-16(2)28(25)27(19)34/h3-8,10-12,16-26,29-33H,9,13-14H2,1-2H3/b6-3?,7-5+,8-4-,15-12?/t16-,17+,18-,19-,20+,21+,22+,23-,24+,25+,26+/m1/s1. The van der Waals surface area contributed by atoms with Crippen molar-refractivity contribution in [2.75, 3.05) is 0 Å². The average molecular weight is 472 g/mol. The largest absolute Gasteiger partial charge is 0.391 e. The summed E-state index contributed by atoms with van der Waals surface area (Å²) in [5.41, 5.74) is 1.01. The highest BCUT2D eigenvalue weighted by atomic mass is 16.4. The molecule has 4 rings (SSSR count). The second-order valence-corrected chi connectivity index (χ2v) is 10.3. The zero-order chi connectivity index (χ0) is 24.6. The van der Waals surface area contributed by atoms with Gasteiger partial charge < -0.3 is 30.4 Å². The van der Waals surface area contributed by atoms with Crippen LogP contribution in [0.15, 0.2) is 60.3 Å². The molecule has 0 bridgehead atoms. The minimum atomic E-state index is -1.38. The number of allylic oxidation sites excluding steroid dienone is 7. The molecule has 0 saturated carbocycles. The Labute approximate surface area is 201 Å². The van der Waals surface area contributed by atoms with E-state index in [0.717, 1.165) is 5.57 Å². The molecule has 5 N–H and O–H groups in total. The van der Waals surface area contributed by atoms with E-state index in [1.807, 2.05) is 43.1 Å². The number of carbonyl (C=O) groups is 1. The van der Waals surface area contributed by atoms with Crippen molar-refractivity contribution < 1.29 is 30.3 Å². The maximum absolute atomic E-state index is 13.2. The molecule has 2 saturated heterocycles. The Morgan fingerprint density at radius 2 is 1.68 bits per heavy atom. The summed E-state index contributed by atoms with van der Waals surface area (Å²) in [5, 5.41) is 51.8. The third-order valence-corrected chi connectivity index (χ3v) is 7.82. The fourth-order valence-corrected chi connectivity index (χ4v) is 6.16. The molecule has 0 aromatic heterocycles. The van der Waals surface area contributed by atoms with Crippen LogP contribution in [0.5, 0.6) is 0 Å². The fraction of sp³-hybridized carbons (Fsp3) is 0.593. The van der Waals surface area contributed by atoms with Gasteiger partial charge in [-0.1, -0.05) is 60.3 Å². The summed E-state index contributed by atoms with van der Waals surface area (Å²) in [7, 11) is 0. The number of aliphatic hydroxyl groups excluding tert-OH is 5. The second kappa shape index (κ2) is 10.3. The number of rotatable bonds is 0. The molecule has 1 amide bonds. The van der Waals surface area contributed by atoms with Gasteiger partial charge in [0.15, 0.2) is 0 Å². The van der Waals surface area contributed by atoms with Crippen molar-refractivity contribution in [1.29, 1.82) is 0 Å². The number of aliphatic hydroxyl groups is 5. The first kappa shape index (κ1) is 25.1. The molecule has 2 aliphatic heterocycles. The lowest BCUT2D eigenvalue weighted by Crippen LogP contribution is -2.41. The van der Waals surface area contributed by atoms with E-state index in [-0.39, 0.29) is 54.5 Å². The zero-order valence-electron chi connectivity index (χ0n) is 19.8. The molecule has 0 unspecified atom stereocenters. The highest BCUT2D eigenvalue weighted by molar-refractivity contribution is 5.85. The molecule has 0 spiro atoms. The molecule has 11 atom stereocenters. The van der Waals surface area contributed by atoms with Gasteiger partial charge in [0.25, 0.3) is 0 Å². The smallest absolute Gasteiger partial charge is 0.230 e. The van der Waals surface area contributed by atoms with E-state index in [0.29, 0.717) is 6.42 Å². The van der Waals surface area contributed by atoms with E-state index in [2.05, 4.69) is 6.08 Å². The first-order valence-corrected chi connectivity index (χ1v) is 12.3. The normalized spacial score (nSPS) is 47.0. The van der Waals surface area contributed by atoms with Gasteiger partial charge in [-0.15, -0.1) is 0 Å². The lowest BCUT2D eigenvalue weighted by molar-refractivity contribution is -0.131. The Morgan fingerprint density at radius 1 is 0.912 bits per heavy atom. The Hall–Kier alpha value is -2.03. The maximum atomic E-state index is 13.2. The van der Waals surface area contributed by atoms with E-state index in [9.17, 15) is 30.3 Å². The van der Waals surface area contributed by atoms with Gasteiger partial charge in [0.2, 0.25) is 5.91 Å². The molecule has 0 aromatic carbocycles. The van der Waals surface area contributed by atoms with Crippen LogP contribution in [-0.2, 0) is 4.79 Å². The Bertz CT molecular complexity index is 907.